The van der Waals surface area contributed by atoms with Crippen LogP contribution in [0.1, 0.15) is 19.3 Å². The molecular formula is C26H27Cl2N3O6S2. The molecule has 0 radical (unpaired) electrons. The van der Waals surface area contributed by atoms with Crippen molar-refractivity contribution in [1.82, 2.24) is 4.31 Å². The van der Waals surface area contributed by atoms with Crippen LogP contribution in [-0.2, 0) is 24.8 Å². The second-order valence-electron chi connectivity index (χ2n) is 8.78. The van der Waals surface area contributed by atoms with Crippen LogP contribution in [0.3, 0.4) is 0 Å². The summed E-state index contributed by atoms with van der Waals surface area (Å²) in [6.45, 7) is 0.140. The Hall–Kier alpha value is -2.83. The highest BCUT2D eigenvalue weighted by Gasteiger charge is 2.31. The van der Waals surface area contributed by atoms with Gasteiger partial charge in [0.25, 0.3) is 10.0 Å². The van der Waals surface area contributed by atoms with Crippen molar-refractivity contribution in [3.05, 3.63) is 76.8 Å². The van der Waals surface area contributed by atoms with Crippen LogP contribution >= 0.6 is 23.2 Å². The fourth-order valence-electron chi connectivity index (χ4n) is 4.24. The van der Waals surface area contributed by atoms with Gasteiger partial charge in [0, 0.05) is 18.8 Å². The van der Waals surface area contributed by atoms with Crippen molar-refractivity contribution in [3.8, 4) is 5.75 Å². The van der Waals surface area contributed by atoms with Crippen LogP contribution < -0.4 is 14.4 Å². The first-order valence-electron chi connectivity index (χ1n) is 12.1. The fraction of sp³-hybridized carbons (Fsp3) is 0.269. The van der Waals surface area contributed by atoms with Gasteiger partial charge < -0.3 is 10.1 Å². The average Bonchev–Trinajstić information content (AvgIpc) is 2.94. The molecule has 0 aliphatic carbocycles. The van der Waals surface area contributed by atoms with Gasteiger partial charge in [0.2, 0.25) is 15.9 Å². The second kappa shape index (κ2) is 12.1. The highest BCUT2D eigenvalue weighted by Crippen LogP contribution is 2.36. The molecule has 3 aromatic carbocycles. The van der Waals surface area contributed by atoms with E-state index in [1.807, 2.05) is 0 Å². The van der Waals surface area contributed by atoms with Gasteiger partial charge in [-0.1, -0.05) is 53.9 Å². The molecule has 1 amide bonds. The summed E-state index contributed by atoms with van der Waals surface area (Å²) in [5, 5.41) is 2.69. The predicted molar refractivity (Wildman–Crippen MR) is 152 cm³/mol. The Morgan fingerprint density at radius 1 is 0.949 bits per heavy atom. The van der Waals surface area contributed by atoms with Gasteiger partial charge in [0.15, 0.2) is 0 Å². The number of carbonyl (C=O) groups excluding carboxylic acids is 1. The summed E-state index contributed by atoms with van der Waals surface area (Å²) in [5.41, 5.74) is 0.178. The van der Waals surface area contributed by atoms with Gasteiger partial charge in [0.1, 0.15) is 17.2 Å². The number of benzene rings is 3. The molecule has 13 heteroatoms. The highest BCUT2D eigenvalue weighted by atomic mass is 35.5. The molecule has 39 heavy (non-hydrogen) atoms. The van der Waals surface area contributed by atoms with Crippen LogP contribution in [0.25, 0.3) is 0 Å². The van der Waals surface area contributed by atoms with E-state index in [2.05, 4.69) is 5.32 Å². The average molecular weight is 613 g/mol. The number of nitrogens with one attached hydrogen (secondary N) is 1. The predicted octanol–water partition coefficient (Wildman–Crippen LogP) is 5.01. The summed E-state index contributed by atoms with van der Waals surface area (Å²) in [6.07, 6.45) is 2.48. The number of carbonyl (C=O) groups is 1. The molecule has 1 heterocycles. The van der Waals surface area contributed by atoms with Gasteiger partial charge >= 0.3 is 0 Å². The van der Waals surface area contributed by atoms with E-state index in [1.165, 1.54) is 59.9 Å². The van der Waals surface area contributed by atoms with Gasteiger partial charge in [-0.3, -0.25) is 9.10 Å². The maximum absolute atomic E-state index is 13.6. The SMILES string of the molecule is COc1ccc(NC(=O)CN(c2cccc(Cl)c2Cl)S(=O)(=O)c2ccccc2)cc1S(=O)(=O)N1CCCCC1. The van der Waals surface area contributed by atoms with Crippen molar-refractivity contribution in [2.24, 2.45) is 0 Å². The van der Waals surface area contributed by atoms with Crippen molar-refractivity contribution in [2.45, 2.75) is 29.1 Å². The topological polar surface area (TPSA) is 113 Å². The van der Waals surface area contributed by atoms with E-state index in [9.17, 15) is 21.6 Å². The van der Waals surface area contributed by atoms with Gasteiger partial charge in [0.05, 0.1) is 27.7 Å². The van der Waals surface area contributed by atoms with E-state index < -0.39 is 32.5 Å². The van der Waals surface area contributed by atoms with Crippen LogP contribution in [0.15, 0.2) is 76.5 Å². The summed E-state index contributed by atoms with van der Waals surface area (Å²) in [6, 6.07) is 16.3. The van der Waals surface area contributed by atoms with E-state index in [-0.39, 0.29) is 37.0 Å². The van der Waals surface area contributed by atoms with Crippen molar-refractivity contribution in [1.29, 1.82) is 0 Å². The number of rotatable bonds is 9. The van der Waals surface area contributed by atoms with Crippen molar-refractivity contribution in [3.63, 3.8) is 0 Å². The summed E-state index contributed by atoms with van der Waals surface area (Å²) >= 11 is 12.5. The molecule has 208 valence electrons. The zero-order valence-electron chi connectivity index (χ0n) is 21.0. The summed E-state index contributed by atoms with van der Waals surface area (Å²) in [4.78, 5) is 13.1. The molecule has 9 nitrogen and oxygen atoms in total. The van der Waals surface area contributed by atoms with Gasteiger partial charge in [-0.15, -0.1) is 0 Å². The van der Waals surface area contributed by atoms with Gasteiger partial charge in [-0.2, -0.15) is 4.31 Å². The minimum atomic E-state index is -4.23. The molecule has 0 unspecified atom stereocenters. The number of hydrogen-bond acceptors (Lipinski definition) is 6. The second-order valence-corrected chi connectivity index (χ2v) is 13.3. The highest BCUT2D eigenvalue weighted by molar-refractivity contribution is 7.93. The number of nitrogens with zero attached hydrogens (tertiary/aromatic N) is 2. The largest absolute Gasteiger partial charge is 0.495 e. The first kappa shape index (κ1) is 29.2. The molecule has 1 fully saturated rings. The Labute approximate surface area is 238 Å². The third kappa shape index (κ3) is 6.33. The summed E-state index contributed by atoms with van der Waals surface area (Å²) < 4.78 is 61.4. The Kier molecular flexibility index (Phi) is 9.07. The van der Waals surface area contributed by atoms with E-state index >= 15 is 0 Å². The number of sulfonamides is 2. The van der Waals surface area contributed by atoms with Gasteiger partial charge in [-0.25, -0.2) is 16.8 Å². The Bertz CT molecular complexity index is 1560. The summed E-state index contributed by atoms with van der Waals surface area (Å²) in [7, 11) is -6.75. The number of anilines is 2. The Morgan fingerprint density at radius 2 is 1.64 bits per heavy atom. The number of halogens is 2. The van der Waals surface area contributed by atoms with E-state index in [0.717, 1.165) is 23.6 Å². The molecule has 0 aromatic heterocycles. The molecule has 4 rings (SSSR count). The van der Waals surface area contributed by atoms with Crippen LogP contribution in [0.5, 0.6) is 5.75 Å². The lowest BCUT2D eigenvalue weighted by Gasteiger charge is -2.27. The third-order valence-electron chi connectivity index (χ3n) is 6.20. The Balaban J connectivity index is 1.66. The molecule has 1 aliphatic heterocycles. The van der Waals surface area contributed by atoms with Crippen molar-refractivity contribution < 1.29 is 26.4 Å². The maximum Gasteiger partial charge on any atom is 0.264 e. The smallest absolute Gasteiger partial charge is 0.264 e. The van der Waals surface area contributed by atoms with Crippen LogP contribution in [0.2, 0.25) is 10.0 Å². The van der Waals surface area contributed by atoms with E-state index in [0.29, 0.717) is 13.1 Å². The molecule has 1 saturated heterocycles. The molecule has 1 aliphatic rings. The zero-order valence-corrected chi connectivity index (χ0v) is 24.2. The lowest BCUT2D eigenvalue weighted by Crippen LogP contribution is -2.38. The lowest BCUT2D eigenvalue weighted by molar-refractivity contribution is -0.114. The molecule has 0 bridgehead atoms. The Morgan fingerprint density at radius 3 is 2.31 bits per heavy atom. The molecule has 3 aromatic rings. The van der Waals surface area contributed by atoms with Crippen LogP contribution in [-0.4, -0.2) is 53.8 Å². The first-order chi connectivity index (χ1) is 18.6. The zero-order chi connectivity index (χ0) is 28.2. The molecule has 0 spiro atoms. The third-order valence-corrected chi connectivity index (χ3v) is 10.7. The number of ether oxygens (including phenoxy) is 1. The number of piperidine rings is 1. The normalized spacial score (nSPS) is 14.5. The van der Waals surface area contributed by atoms with Crippen molar-refractivity contribution in [2.75, 3.05) is 36.4 Å². The van der Waals surface area contributed by atoms with Gasteiger partial charge in [-0.05, 0) is 55.3 Å². The van der Waals surface area contributed by atoms with E-state index in [1.54, 1.807) is 18.2 Å². The number of methoxy groups -OCH3 is 1. The summed E-state index contributed by atoms with van der Waals surface area (Å²) in [5.74, 6) is -0.588. The lowest BCUT2D eigenvalue weighted by atomic mass is 10.2. The van der Waals surface area contributed by atoms with E-state index in [4.69, 9.17) is 27.9 Å². The van der Waals surface area contributed by atoms with Crippen LogP contribution in [0, 0.1) is 0 Å². The van der Waals surface area contributed by atoms with Crippen LogP contribution in [0.4, 0.5) is 11.4 Å². The monoisotopic (exact) mass is 611 g/mol. The number of hydrogen-bond donors (Lipinski definition) is 1. The molecular weight excluding hydrogens is 585 g/mol. The fourth-order valence-corrected chi connectivity index (χ4v) is 7.84. The first-order valence-corrected chi connectivity index (χ1v) is 15.7. The molecule has 1 N–H and O–H groups in total. The maximum atomic E-state index is 13.6. The minimum absolute atomic E-state index is 0.0197. The minimum Gasteiger partial charge on any atom is -0.495 e. The standard InChI is InChI=1S/C26H27Cl2N3O6S2/c1-37-23-14-13-19(17-24(23)39(35,36)30-15-6-3-7-16-30)29-25(32)18-31(22-12-8-11-21(27)26(22)28)38(33,34)20-9-4-2-5-10-20/h2,4-5,8-14,17H,3,6-7,15-16,18H2,1H3,(H,29,32). The van der Waals surface area contributed by atoms with Crippen molar-refractivity contribution >= 4 is 60.5 Å². The molecule has 0 atom stereocenters. The quantitative estimate of drug-likeness (QED) is 0.364. The molecule has 0 saturated carbocycles. The number of amides is 1.